The Morgan fingerprint density at radius 3 is 2.79 bits per heavy atom. The van der Waals surface area contributed by atoms with E-state index in [2.05, 4.69) is 11.9 Å². The summed E-state index contributed by atoms with van der Waals surface area (Å²) >= 11 is 1.37. The summed E-state index contributed by atoms with van der Waals surface area (Å²) in [5.74, 6) is 0.191. The molecule has 0 unspecified atom stereocenters. The maximum absolute atomic E-state index is 13.7. The van der Waals surface area contributed by atoms with Crippen LogP contribution in [0, 0.1) is 41.4 Å². The zero-order valence-corrected chi connectivity index (χ0v) is 21.3. The Hall–Kier alpha value is -1.76. The number of pyridine rings is 1. The lowest BCUT2D eigenvalue weighted by Gasteiger charge is -2.59. The molecule has 4 aliphatic carbocycles. The van der Waals surface area contributed by atoms with Gasteiger partial charge in [0.05, 0.1) is 16.9 Å². The van der Waals surface area contributed by atoms with Crippen LogP contribution in [0.15, 0.2) is 47.0 Å². The SMILES string of the molecule is Cc1cccc(SCC(=O)[C@@]2(O)[C@H](C)C[C@H]3[C@@H]4CCC5=CC(=O)C=C[C@]5(C)[C@H]4[C@@H](O)C[C@@]32C)n1. The third-order valence-electron chi connectivity index (χ3n) is 9.72. The number of aryl methyl sites for hydroxylation is 1. The molecule has 0 aliphatic heterocycles. The molecule has 6 heteroatoms. The van der Waals surface area contributed by atoms with Gasteiger partial charge in [-0.25, -0.2) is 4.98 Å². The second kappa shape index (κ2) is 8.14. The number of aliphatic hydroxyl groups is 2. The van der Waals surface area contributed by atoms with Gasteiger partial charge < -0.3 is 10.2 Å². The normalized spacial score (nSPS) is 43.1. The zero-order chi connectivity index (χ0) is 24.5. The highest BCUT2D eigenvalue weighted by molar-refractivity contribution is 7.99. The second-order valence-corrected chi connectivity index (χ2v) is 12.4. The largest absolute Gasteiger partial charge is 0.393 e. The van der Waals surface area contributed by atoms with E-state index in [0.717, 1.165) is 35.6 Å². The van der Waals surface area contributed by atoms with E-state index in [1.807, 2.05) is 45.0 Å². The number of aliphatic hydroxyl groups excluding tert-OH is 1. The summed E-state index contributed by atoms with van der Waals surface area (Å²) in [6.45, 7) is 8.09. The minimum atomic E-state index is -1.48. The van der Waals surface area contributed by atoms with E-state index < -0.39 is 17.1 Å². The molecule has 1 heterocycles. The summed E-state index contributed by atoms with van der Waals surface area (Å²) < 4.78 is 0. The van der Waals surface area contributed by atoms with Crippen molar-refractivity contribution in [2.24, 2.45) is 34.5 Å². The van der Waals surface area contributed by atoms with Crippen LogP contribution >= 0.6 is 11.8 Å². The minimum Gasteiger partial charge on any atom is -0.393 e. The first-order chi connectivity index (χ1) is 16.0. The summed E-state index contributed by atoms with van der Waals surface area (Å²) in [6, 6.07) is 5.74. The van der Waals surface area contributed by atoms with E-state index in [1.165, 1.54) is 11.8 Å². The van der Waals surface area contributed by atoms with Crippen molar-refractivity contribution in [2.45, 2.75) is 70.1 Å². The fourth-order valence-corrected chi connectivity index (χ4v) is 8.98. The van der Waals surface area contributed by atoms with Gasteiger partial charge in [-0.2, -0.15) is 0 Å². The number of fused-ring (bicyclic) bond motifs is 5. The van der Waals surface area contributed by atoms with Gasteiger partial charge in [0.1, 0.15) is 5.60 Å². The Bertz CT molecular complexity index is 1100. The predicted molar refractivity (Wildman–Crippen MR) is 132 cm³/mol. The molecule has 3 saturated carbocycles. The standard InChI is InChI=1S/C28H35NO4S/c1-16-12-21-20-9-8-18-13-19(30)10-11-26(18,3)25(20)22(31)14-27(21,4)28(16,33)23(32)15-34-24-7-5-6-17(2)29-24/h5-7,10-11,13,16,20-22,25,31,33H,8-9,12,14-15H2,1-4H3/t16-,20+,21+,22+,25-,26+,27+,28+/m1/s1. The van der Waals surface area contributed by atoms with Crippen LogP contribution in [-0.2, 0) is 9.59 Å². The van der Waals surface area contributed by atoms with Gasteiger partial charge in [0, 0.05) is 22.4 Å². The zero-order valence-electron chi connectivity index (χ0n) is 20.5. The van der Waals surface area contributed by atoms with Gasteiger partial charge >= 0.3 is 0 Å². The Balaban J connectivity index is 1.44. The van der Waals surface area contributed by atoms with Gasteiger partial charge in [0.25, 0.3) is 0 Å². The maximum Gasteiger partial charge on any atom is 0.178 e. The van der Waals surface area contributed by atoms with Crippen LogP contribution in [0.5, 0.6) is 0 Å². The van der Waals surface area contributed by atoms with Crippen molar-refractivity contribution in [1.29, 1.82) is 0 Å². The van der Waals surface area contributed by atoms with Gasteiger partial charge in [-0.3, -0.25) is 9.59 Å². The number of nitrogens with zero attached hydrogens (tertiary/aromatic N) is 1. The van der Waals surface area contributed by atoms with Crippen molar-refractivity contribution < 1.29 is 19.8 Å². The number of ketones is 2. The average molecular weight is 482 g/mol. The molecule has 0 saturated heterocycles. The smallest absolute Gasteiger partial charge is 0.178 e. The molecule has 2 N–H and O–H groups in total. The molecule has 3 fully saturated rings. The average Bonchev–Trinajstić information content (AvgIpc) is 2.99. The number of carbonyl (C=O) groups excluding carboxylic acids is 2. The van der Waals surface area contributed by atoms with Crippen molar-refractivity contribution in [3.63, 3.8) is 0 Å². The topological polar surface area (TPSA) is 87.5 Å². The van der Waals surface area contributed by atoms with Crippen molar-refractivity contribution in [3.8, 4) is 0 Å². The number of allylic oxidation sites excluding steroid dienone is 4. The molecule has 5 rings (SSSR count). The maximum atomic E-state index is 13.7. The molecule has 182 valence electrons. The van der Waals surface area contributed by atoms with E-state index in [9.17, 15) is 19.8 Å². The Morgan fingerprint density at radius 1 is 1.29 bits per heavy atom. The first-order valence-electron chi connectivity index (χ1n) is 12.4. The van der Waals surface area contributed by atoms with Crippen LogP contribution in [0.2, 0.25) is 0 Å². The van der Waals surface area contributed by atoms with Crippen LogP contribution in [0.3, 0.4) is 0 Å². The van der Waals surface area contributed by atoms with Crippen molar-refractivity contribution in [2.75, 3.05) is 5.75 Å². The molecule has 0 radical (unpaired) electrons. The fourth-order valence-electron chi connectivity index (χ4n) is 8.10. The van der Waals surface area contributed by atoms with Crippen LogP contribution in [0.1, 0.15) is 52.1 Å². The lowest BCUT2D eigenvalue weighted by molar-refractivity contribution is -0.179. The highest BCUT2D eigenvalue weighted by atomic mass is 32.2. The monoisotopic (exact) mass is 481 g/mol. The van der Waals surface area contributed by atoms with Gasteiger partial charge in [0.2, 0.25) is 0 Å². The Morgan fingerprint density at radius 2 is 2.06 bits per heavy atom. The molecular formula is C28H35NO4S. The highest BCUT2D eigenvalue weighted by Crippen LogP contribution is 2.68. The summed E-state index contributed by atoms with van der Waals surface area (Å²) in [5.41, 5.74) is -0.496. The lowest BCUT2D eigenvalue weighted by atomic mass is 9.46. The molecule has 5 nitrogen and oxygen atoms in total. The number of hydrogen-bond acceptors (Lipinski definition) is 6. The van der Waals surface area contributed by atoms with Gasteiger partial charge in [0.15, 0.2) is 11.6 Å². The van der Waals surface area contributed by atoms with E-state index in [0.29, 0.717) is 6.42 Å². The van der Waals surface area contributed by atoms with Crippen molar-refractivity contribution in [1.82, 2.24) is 4.98 Å². The third kappa shape index (κ3) is 3.32. The number of hydrogen-bond donors (Lipinski definition) is 2. The summed E-state index contributed by atoms with van der Waals surface area (Å²) in [7, 11) is 0. The van der Waals surface area contributed by atoms with E-state index in [-0.39, 0.29) is 46.4 Å². The molecule has 8 atom stereocenters. The molecule has 1 aromatic rings. The number of rotatable bonds is 4. The van der Waals surface area contributed by atoms with E-state index in [1.54, 1.807) is 12.2 Å². The fraction of sp³-hybridized carbons (Fsp3) is 0.607. The summed E-state index contributed by atoms with van der Waals surface area (Å²) in [4.78, 5) is 30.2. The molecule has 0 aromatic carbocycles. The number of thioether (sulfide) groups is 1. The first-order valence-corrected chi connectivity index (χ1v) is 13.4. The third-order valence-corrected chi connectivity index (χ3v) is 10.6. The van der Waals surface area contributed by atoms with Crippen molar-refractivity contribution in [3.05, 3.63) is 47.7 Å². The predicted octanol–water partition coefficient (Wildman–Crippen LogP) is 4.31. The summed E-state index contributed by atoms with van der Waals surface area (Å²) in [6.07, 6.45) is 7.61. The van der Waals surface area contributed by atoms with Crippen LogP contribution in [0.4, 0.5) is 0 Å². The van der Waals surface area contributed by atoms with Gasteiger partial charge in [-0.05, 0) is 74.6 Å². The quantitative estimate of drug-likeness (QED) is 0.623. The minimum absolute atomic E-state index is 0.00885. The second-order valence-electron chi connectivity index (χ2n) is 11.4. The summed E-state index contributed by atoms with van der Waals surface area (Å²) in [5, 5.41) is 24.4. The first kappa shape index (κ1) is 24.0. The van der Waals surface area contributed by atoms with Crippen LogP contribution in [-0.4, -0.2) is 44.2 Å². The van der Waals surface area contributed by atoms with Gasteiger partial charge in [-0.1, -0.05) is 50.2 Å². The molecule has 0 spiro atoms. The Kier molecular flexibility index (Phi) is 5.74. The van der Waals surface area contributed by atoms with Crippen molar-refractivity contribution >= 4 is 23.3 Å². The molecular weight excluding hydrogens is 446 g/mol. The van der Waals surface area contributed by atoms with Crippen LogP contribution in [0.25, 0.3) is 0 Å². The van der Waals surface area contributed by atoms with E-state index >= 15 is 0 Å². The molecule has 0 bridgehead atoms. The number of Topliss-reactive ketones (excluding diaryl/α,β-unsaturated/α-hetero) is 1. The molecule has 1 aromatic heterocycles. The van der Waals surface area contributed by atoms with Gasteiger partial charge in [-0.15, -0.1) is 0 Å². The number of carbonyl (C=O) groups is 2. The molecule has 4 aliphatic rings. The number of aromatic nitrogens is 1. The molecule has 34 heavy (non-hydrogen) atoms. The van der Waals surface area contributed by atoms with E-state index in [4.69, 9.17) is 0 Å². The Labute approximate surface area is 206 Å². The lowest BCUT2D eigenvalue weighted by Crippen LogP contribution is -2.62. The highest BCUT2D eigenvalue weighted by Gasteiger charge is 2.70. The molecule has 0 amide bonds. The van der Waals surface area contributed by atoms with Crippen LogP contribution < -0.4 is 0 Å².